The Kier molecular flexibility index (Phi) is 5350. The van der Waals surface area contributed by atoms with Crippen molar-refractivity contribution in [3.8, 4) is 0 Å². The molecule has 0 aromatic carbocycles. The molecule has 0 saturated carbocycles. The first-order chi connectivity index (χ1) is 0. The largest absolute Gasteiger partial charge is 2.00 e. The molecule has 0 spiro atoms. The van der Waals surface area contributed by atoms with E-state index >= 15 is 0 Å². The second-order valence-corrected chi connectivity index (χ2v) is 0. The van der Waals surface area contributed by atoms with Crippen LogP contribution in [0.2, 0.25) is 0 Å². The van der Waals surface area contributed by atoms with Gasteiger partial charge < -0.3 is 14.1 Å². The first-order valence-corrected chi connectivity index (χ1v) is 0. The van der Waals surface area contributed by atoms with E-state index in [0.29, 0.717) is 0 Å². The fourth-order valence-corrected chi connectivity index (χ4v) is 0. The van der Waals surface area contributed by atoms with Crippen LogP contribution in [-0.2, 0) is 17.1 Å². The van der Waals surface area contributed by atoms with Gasteiger partial charge >= 0.3 is 68.5 Å². The van der Waals surface area contributed by atoms with Crippen LogP contribution >= 0.6 is 0 Å². The maximum atomic E-state index is 0. The van der Waals surface area contributed by atoms with E-state index in [1.807, 2.05) is 0 Å². The smallest absolute Gasteiger partial charge is 1.00 e. The molecule has 0 nitrogen and oxygen atoms in total. The maximum Gasteiger partial charge on any atom is 2.00 e. The van der Waals surface area contributed by atoms with Crippen LogP contribution in [0.4, 0.5) is 14.1 Å². The zero-order valence-corrected chi connectivity index (χ0v) is 8.04. The standard InChI is InChI=1S/6FH.K.Mn/h6*1H;;/q;;;;;;+1;+2/p-3. The molecule has 0 aliphatic rings. The molecule has 0 N–H and O–H groups in total. The molecule has 1 radical (unpaired) electrons. The van der Waals surface area contributed by atoms with Crippen LogP contribution in [0, 0.1) is 0 Å². The summed E-state index contributed by atoms with van der Waals surface area (Å²) in [5, 5.41) is 0. The minimum atomic E-state index is 0. The second kappa shape index (κ2) is 173. The van der Waals surface area contributed by atoms with Crippen LogP contribution < -0.4 is 65.5 Å². The van der Waals surface area contributed by atoms with Crippen molar-refractivity contribution in [1.82, 2.24) is 0 Å². The molecule has 0 unspecified atom stereocenters. The van der Waals surface area contributed by atoms with Crippen molar-refractivity contribution >= 4 is 0 Å². The molecule has 0 atom stereocenters. The van der Waals surface area contributed by atoms with Gasteiger partial charge in [-0.2, -0.15) is 0 Å². The summed E-state index contributed by atoms with van der Waals surface area (Å²) in [5.74, 6) is 0. The summed E-state index contributed by atoms with van der Waals surface area (Å²) < 4.78 is 0. The zero-order valence-electron chi connectivity index (χ0n) is 3.74. The third-order valence-corrected chi connectivity index (χ3v) is 0. The number of hydrogen-bond donors (Lipinski definition) is 0. The summed E-state index contributed by atoms with van der Waals surface area (Å²) in [4.78, 5) is 0. The number of rotatable bonds is 0. The molecule has 8 heteroatoms. The fraction of sp³-hybridized carbons (Fsp3) is 0. The van der Waals surface area contributed by atoms with E-state index in [0.717, 1.165) is 0 Å². The third-order valence-electron chi connectivity index (χ3n) is 0. The van der Waals surface area contributed by atoms with Crippen molar-refractivity contribution < 1.29 is 96.7 Å². The van der Waals surface area contributed by atoms with Gasteiger partial charge in [0.25, 0.3) is 0 Å². The summed E-state index contributed by atoms with van der Waals surface area (Å²) in [6.07, 6.45) is 0. The Morgan fingerprint density at radius 2 is 0.500 bits per heavy atom. The molecule has 0 aromatic heterocycles. The van der Waals surface area contributed by atoms with Crippen LogP contribution in [0.15, 0.2) is 0 Å². The summed E-state index contributed by atoms with van der Waals surface area (Å²) >= 11 is 0. The summed E-state index contributed by atoms with van der Waals surface area (Å²) in [5.41, 5.74) is 0. The molecule has 0 bridgehead atoms. The molecule has 0 aliphatic carbocycles. The fourth-order valence-electron chi connectivity index (χ4n) is 0. The van der Waals surface area contributed by atoms with E-state index in [1.165, 1.54) is 0 Å². The van der Waals surface area contributed by atoms with Crippen molar-refractivity contribution in [3.05, 3.63) is 0 Å². The van der Waals surface area contributed by atoms with Gasteiger partial charge in [-0.1, -0.05) is 0 Å². The van der Waals surface area contributed by atoms with Gasteiger partial charge in [0, 0.05) is 0 Å². The van der Waals surface area contributed by atoms with E-state index in [9.17, 15) is 0 Å². The van der Waals surface area contributed by atoms with Crippen molar-refractivity contribution in [2.75, 3.05) is 0 Å². The van der Waals surface area contributed by atoms with Gasteiger partial charge in [-0.15, -0.1) is 0 Å². The van der Waals surface area contributed by atoms with Gasteiger partial charge in [-0.25, -0.2) is 0 Å². The molecule has 0 aliphatic heterocycles. The first kappa shape index (κ1) is 247. The minimum absolute atomic E-state index is 0. The van der Waals surface area contributed by atoms with Gasteiger partial charge in [0.05, 0.1) is 0 Å². The molecule has 0 saturated heterocycles. The van der Waals surface area contributed by atoms with Gasteiger partial charge in [0.2, 0.25) is 0 Å². The Balaban J connectivity index is 0. The number of halogens is 6. The monoisotopic (exact) mass is 211 g/mol. The van der Waals surface area contributed by atoms with Gasteiger partial charge in [0.15, 0.2) is 0 Å². The third kappa shape index (κ3) is 116. The minimum Gasteiger partial charge on any atom is -1.00 e. The quantitative estimate of drug-likeness (QED) is 0.276. The Labute approximate surface area is 95.3 Å². The molecule has 0 amide bonds. The van der Waals surface area contributed by atoms with E-state index in [-0.39, 0.29) is 96.7 Å². The predicted octanol–water partition coefficient (Wildman–Crippen LogP) is -11.5. The molecule has 0 heterocycles. The van der Waals surface area contributed by atoms with E-state index in [4.69, 9.17) is 0 Å². The van der Waals surface area contributed by atoms with E-state index in [1.54, 1.807) is 0 Å². The van der Waals surface area contributed by atoms with E-state index in [2.05, 4.69) is 0 Å². The predicted molar refractivity (Wildman–Crippen MR) is 7.51 cm³/mol. The molecular weight excluding hydrogens is 208 g/mol. The normalized spacial score (nSPS) is 0. The molecule has 0 rings (SSSR count). The van der Waals surface area contributed by atoms with Gasteiger partial charge in [-0.05, 0) is 0 Å². The summed E-state index contributed by atoms with van der Waals surface area (Å²) in [7, 11) is 0. The Morgan fingerprint density at radius 3 is 0.500 bits per heavy atom. The van der Waals surface area contributed by atoms with Crippen LogP contribution in [0.1, 0.15) is 0 Å². The van der Waals surface area contributed by atoms with Crippen molar-refractivity contribution in [3.63, 3.8) is 0 Å². The molecule has 53 valence electrons. The Bertz CT molecular complexity index is 8.49. The number of hydrogen-bond acceptors (Lipinski definition) is 0. The van der Waals surface area contributed by atoms with Crippen molar-refractivity contribution in [1.29, 1.82) is 0 Å². The average molecular weight is 211 g/mol. The second-order valence-electron chi connectivity index (χ2n) is 0. The van der Waals surface area contributed by atoms with Gasteiger partial charge in [0.1, 0.15) is 0 Å². The summed E-state index contributed by atoms with van der Waals surface area (Å²) in [6.45, 7) is 0. The maximum absolute atomic E-state index is 0. The molecule has 0 fully saturated rings. The molecule has 8 heavy (non-hydrogen) atoms. The zero-order chi connectivity index (χ0) is 0. The topological polar surface area (TPSA) is 0 Å². The SMILES string of the molecule is F.F.F.[F-].[F-].[F-].[K+].[Mn+2]. The Hall–Kier alpha value is 1.74. The van der Waals surface area contributed by atoms with Crippen LogP contribution in [0.5, 0.6) is 0 Å². The first-order valence-electron chi connectivity index (χ1n) is 0. The van der Waals surface area contributed by atoms with Crippen LogP contribution in [0.3, 0.4) is 0 Å². The van der Waals surface area contributed by atoms with Crippen LogP contribution in [-0.4, -0.2) is 0 Å². The van der Waals surface area contributed by atoms with Gasteiger partial charge in [-0.3, -0.25) is 14.1 Å². The van der Waals surface area contributed by atoms with Crippen LogP contribution in [0.25, 0.3) is 0 Å². The average Bonchev–Trinajstić information content (AvgIpc) is 0. The molecule has 0 aromatic rings. The van der Waals surface area contributed by atoms with Crippen molar-refractivity contribution in [2.24, 2.45) is 0 Å². The van der Waals surface area contributed by atoms with Crippen molar-refractivity contribution in [2.45, 2.75) is 0 Å². The molecular formula is H3F6KMn. The Morgan fingerprint density at radius 1 is 0.500 bits per heavy atom. The summed E-state index contributed by atoms with van der Waals surface area (Å²) in [6, 6.07) is 0. The van der Waals surface area contributed by atoms with E-state index < -0.39 is 0 Å².